The Bertz CT molecular complexity index is 982. The van der Waals surface area contributed by atoms with Crippen LogP contribution in [0.5, 0.6) is 0 Å². The van der Waals surface area contributed by atoms with E-state index in [1.54, 1.807) is 24.3 Å². The fourth-order valence-corrected chi connectivity index (χ4v) is 4.26. The summed E-state index contributed by atoms with van der Waals surface area (Å²) in [5, 5.41) is 6.94. The number of pyridine rings is 1. The summed E-state index contributed by atoms with van der Waals surface area (Å²) in [5.41, 5.74) is 9.40. The lowest BCUT2D eigenvalue weighted by molar-refractivity contribution is -0.120. The van der Waals surface area contributed by atoms with Crippen LogP contribution in [0, 0.1) is 0 Å². The molecule has 2 aromatic heterocycles. The number of benzene rings is 1. The lowest BCUT2D eigenvalue weighted by Gasteiger charge is -2.21. The number of anilines is 2. The summed E-state index contributed by atoms with van der Waals surface area (Å²) in [6.45, 7) is 2.62. The van der Waals surface area contributed by atoms with Gasteiger partial charge in [0.2, 0.25) is 5.91 Å². The Hall–Kier alpha value is -3.04. The molecule has 3 aromatic rings. The van der Waals surface area contributed by atoms with Gasteiger partial charge in [-0.25, -0.2) is 9.97 Å². The molecule has 162 valence electrons. The molecule has 6 N–H and O–H groups in total. The molecule has 1 saturated heterocycles. The van der Waals surface area contributed by atoms with E-state index in [1.165, 1.54) is 0 Å². The van der Waals surface area contributed by atoms with Crippen LogP contribution in [0.3, 0.4) is 0 Å². The van der Waals surface area contributed by atoms with Gasteiger partial charge >= 0.3 is 0 Å². The highest BCUT2D eigenvalue weighted by Gasteiger charge is 2.13. The van der Waals surface area contributed by atoms with Crippen molar-refractivity contribution in [3.8, 4) is 11.3 Å². The highest BCUT2D eigenvalue weighted by atomic mass is 32.2. The van der Waals surface area contributed by atoms with Gasteiger partial charge in [-0.2, -0.15) is 0 Å². The first-order chi connectivity index (χ1) is 15.2. The van der Waals surface area contributed by atoms with Gasteiger partial charge in [0.15, 0.2) is 5.95 Å². The molecule has 8 nitrogen and oxygen atoms in total. The van der Waals surface area contributed by atoms with Gasteiger partial charge in [0.25, 0.3) is 0 Å². The number of piperidine rings is 1. The molecule has 0 bridgehead atoms. The number of hydrogen-bond donors (Lipinski definition) is 5. The minimum atomic E-state index is -0.0305. The van der Waals surface area contributed by atoms with E-state index in [4.69, 9.17) is 5.73 Å². The lowest BCUT2D eigenvalue weighted by Crippen LogP contribution is -2.29. The molecule has 0 atom stereocenters. The first-order valence-electron chi connectivity index (χ1n) is 10.4. The van der Waals surface area contributed by atoms with Crippen LogP contribution in [0.25, 0.3) is 11.3 Å². The molecule has 1 aromatic carbocycles. The van der Waals surface area contributed by atoms with Crippen LogP contribution in [-0.4, -0.2) is 39.2 Å². The van der Waals surface area contributed by atoms with E-state index < -0.39 is 0 Å². The average Bonchev–Trinajstić information content (AvgIpc) is 3.24. The van der Waals surface area contributed by atoms with Crippen molar-refractivity contribution in [3.63, 3.8) is 0 Å². The molecule has 0 spiro atoms. The van der Waals surface area contributed by atoms with E-state index in [1.807, 2.05) is 36.4 Å². The fourth-order valence-electron chi connectivity index (χ4n) is 3.38. The minimum Gasteiger partial charge on any atom is -0.369 e. The number of amides is 1. The van der Waals surface area contributed by atoms with E-state index in [-0.39, 0.29) is 5.91 Å². The Morgan fingerprint density at radius 3 is 2.52 bits per heavy atom. The number of hydrogen-bond acceptors (Lipinski definition) is 7. The molecule has 1 fully saturated rings. The Balaban J connectivity index is 1.21. The number of nitrogens with zero attached hydrogens (tertiary/aromatic N) is 2. The lowest BCUT2D eigenvalue weighted by atomic mass is 10.1. The third-order valence-corrected chi connectivity index (χ3v) is 6.29. The molecule has 1 amide bonds. The molecule has 31 heavy (non-hydrogen) atoms. The maximum absolute atomic E-state index is 12.3. The summed E-state index contributed by atoms with van der Waals surface area (Å²) in [4.78, 5) is 23.7. The second-order valence-electron chi connectivity index (χ2n) is 7.55. The highest BCUT2D eigenvalue weighted by molar-refractivity contribution is 8.01. The van der Waals surface area contributed by atoms with Crippen LogP contribution in [0.1, 0.15) is 24.0 Å². The molecule has 3 heterocycles. The minimum absolute atomic E-state index is 0.0305. The quantitative estimate of drug-likeness (QED) is 0.344. The van der Waals surface area contributed by atoms with Crippen LogP contribution in [0.4, 0.5) is 11.8 Å². The van der Waals surface area contributed by atoms with Gasteiger partial charge < -0.3 is 26.1 Å². The summed E-state index contributed by atoms with van der Waals surface area (Å²) in [6, 6.07) is 11.8. The zero-order valence-corrected chi connectivity index (χ0v) is 18.0. The van der Waals surface area contributed by atoms with E-state index in [9.17, 15) is 4.79 Å². The zero-order chi connectivity index (χ0) is 21.5. The number of aromatic nitrogens is 3. The van der Waals surface area contributed by atoms with Crippen LogP contribution >= 0.6 is 11.9 Å². The predicted octanol–water partition coefficient (Wildman–Crippen LogP) is 2.72. The van der Waals surface area contributed by atoms with Gasteiger partial charge in [0.1, 0.15) is 5.82 Å². The van der Waals surface area contributed by atoms with Crippen LogP contribution in [0.15, 0.2) is 48.8 Å². The zero-order valence-electron chi connectivity index (χ0n) is 17.2. The maximum atomic E-state index is 12.3. The van der Waals surface area contributed by atoms with Crippen molar-refractivity contribution in [1.29, 1.82) is 0 Å². The summed E-state index contributed by atoms with van der Waals surface area (Å²) in [6.07, 6.45) is 6.09. The van der Waals surface area contributed by atoms with Crippen molar-refractivity contribution in [2.24, 2.45) is 0 Å². The average molecular weight is 438 g/mol. The number of nitrogens with two attached hydrogens (primary N) is 1. The number of nitrogen functional groups attached to an aromatic ring is 1. The van der Waals surface area contributed by atoms with E-state index in [2.05, 4.69) is 30.3 Å². The first kappa shape index (κ1) is 21.2. The fraction of sp³-hybridized carbons (Fsp3) is 0.318. The molecule has 0 unspecified atom stereocenters. The van der Waals surface area contributed by atoms with Gasteiger partial charge in [0.05, 0.1) is 18.3 Å². The third-order valence-electron chi connectivity index (χ3n) is 5.16. The number of carbonyl (C=O) groups is 1. The molecule has 9 heteroatoms. The Morgan fingerprint density at radius 1 is 1.06 bits per heavy atom. The SMILES string of the molecule is Nc1ncc(-c2ccc(CNC(=O)Cc3ccc(NSC4CCNCC4)nc3)cc2)[nH]1. The highest BCUT2D eigenvalue weighted by Crippen LogP contribution is 2.22. The smallest absolute Gasteiger partial charge is 0.224 e. The van der Waals surface area contributed by atoms with E-state index in [0.29, 0.717) is 24.2 Å². The third kappa shape index (κ3) is 6.22. The Kier molecular flexibility index (Phi) is 7.06. The summed E-state index contributed by atoms with van der Waals surface area (Å²) in [5.74, 6) is 1.19. The molecule has 0 saturated carbocycles. The molecular formula is C22H27N7OS. The van der Waals surface area contributed by atoms with Crippen molar-refractivity contribution in [3.05, 3.63) is 59.9 Å². The topological polar surface area (TPSA) is 121 Å². The van der Waals surface area contributed by atoms with Gasteiger partial charge in [0, 0.05) is 18.0 Å². The van der Waals surface area contributed by atoms with Gasteiger partial charge in [-0.15, -0.1) is 0 Å². The number of aromatic amines is 1. The second-order valence-corrected chi connectivity index (χ2v) is 8.66. The van der Waals surface area contributed by atoms with Crippen molar-refractivity contribution >= 4 is 29.6 Å². The standard InChI is InChI=1S/C22H27N7OS/c23-22-27-14-19(28-22)17-4-1-15(2-5-17)12-26-21(30)11-16-3-6-20(25-13-16)29-31-18-7-9-24-10-8-18/h1-6,13-14,18,24H,7-12H2,(H,25,29)(H,26,30)(H3,23,27,28). The number of rotatable bonds is 8. The van der Waals surface area contributed by atoms with Crippen molar-refractivity contribution in [2.45, 2.75) is 31.1 Å². The summed E-state index contributed by atoms with van der Waals surface area (Å²) >= 11 is 1.73. The Morgan fingerprint density at radius 2 is 1.84 bits per heavy atom. The van der Waals surface area contributed by atoms with Crippen LogP contribution in [0.2, 0.25) is 0 Å². The molecule has 0 aliphatic carbocycles. The molecule has 4 rings (SSSR count). The Labute approximate surface area is 186 Å². The summed E-state index contributed by atoms with van der Waals surface area (Å²) < 4.78 is 3.32. The molecule has 1 aliphatic heterocycles. The van der Waals surface area contributed by atoms with Gasteiger partial charge in [-0.05, 0) is 60.6 Å². The van der Waals surface area contributed by atoms with Crippen LogP contribution in [-0.2, 0) is 17.8 Å². The second kappa shape index (κ2) is 10.3. The van der Waals surface area contributed by atoms with Crippen molar-refractivity contribution in [1.82, 2.24) is 25.6 Å². The monoisotopic (exact) mass is 437 g/mol. The first-order valence-corrected chi connectivity index (χ1v) is 11.3. The molecule has 1 aliphatic rings. The summed E-state index contributed by atoms with van der Waals surface area (Å²) in [7, 11) is 0. The van der Waals surface area contributed by atoms with E-state index in [0.717, 1.165) is 54.1 Å². The van der Waals surface area contributed by atoms with Gasteiger partial charge in [-0.3, -0.25) is 4.79 Å². The number of carbonyl (C=O) groups excluding carboxylic acids is 1. The molecule has 0 radical (unpaired) electrons. The number of H-pyrrole nitrogens is 1. The maximum Gasteiger partial charge on any atom is 0.224 e. The van der Waals surface area contributed by atoms with Gasteiger partial charge in [-0.1, -0.05) is 30.3 Å². The normalized spacial score (nSPS) is 14.3. The largest absolute Gasteiger partial charge is 0.369 e. The van der Waals surface area contributed by atoms with Crippen LogP contribution < -0.4 is 21.1 Å². The predicted molar refractivity (Wildman–Crippen MR) is 125 cm³/mol. The van der Waals surface area contributed by atoms with E-state index >= 15 is 0 Å². The number of imidazole rings is 1. The number of nitrogens with one attached hydrogen (secondary N) is 4. The van der Waals surface area contributed by atoms with Crippen molar-refractivity contribution in [2.75, 3.05) is 23.5 Å². The van der Waals surface area contributed by atoms with Crippen molar-refractivity contribution < 1.29 is 4.79 Å². The molecular weight excluding hydrogens is 410 g/mol.